The van der Waals surface area contributed by atoms with Gasteiger partial charge in [0.2, 0.25) is 5.91 Å². The molecule has 1 N–H and O–H groups in total. The number of nitrogens with one attached hydrogen (secondary N) is 1. The number of hydrogen-bond acceptors (Lipinski definition) is 6. The van der Waals surface area contributed by atoms with E-state index in [2.05, 4.69) is 9.62 Å². The minimum Gasteiger partial charge on any atom is -0.381 e. The van der Waals surface area contributed by atoms with Gasteiger partial charge >= 0.3 is 0 Å². The van der Waals surface area contributed by atoms with Crippen LogP contribution in [0.3, 0.4) is 0 Å². The van der Waals surface area contributed by atoms with Gasteiger partial charge < -0.3 is 14.4 Å². The van der Waals surface area contributed by atoms with Crippen LogP contribution in [0.4, 0.5) is 0 Å². The predicted octanol–water partition coefficient (Wildman–Crippen LogP) is 0.0350. The average Bonchev–Trinajstić information content (AvgIpc) is 3.63. The summed E-state index contributed by atoms with van der Waals surface area (Å²) < 4.78 is 40.2. The monoisotopic (exact) mass is 444 g/mol. The topological polar surface area (TPSA) is 91.4 Å². The summed E-state index contributed by atoms with van der Waals surface area (Å²) in [4.78, 5) is 16.9. The Morgan fingerprint density at radius 1 is 0.867 bits per heavy atom. The van der Waals surface area contributed by atoms with E-state index in [0.29, 0.717) is 57.4 Å². The maximum atomic E-state index is 12.6. The second-order valence-electron chi connectivity index (χ2n) is 8.82. The molecule has 0 atom stereocenters. The minimum absolute atomic E-state index is 0.280. The molecule has 9 nitrogen and oxygen atoms in total. The van der Waals surface area contributed by atoms with Gasteiger partial charge in [0.25, 0.3) is 10.2 Å². The quantitative estimate of drug-likeness (QED) is 0.568. The molecule has 0 unspecified atom stereocenters. The SMILES string of the molecule is O=C(C1CC1)N1CCC(N(CCNS(=O)(=O)N2CCOCC2)C2CCOCC2)CC1. The van der Waals surface area contributed by atoms with Gasteiger partial charge in [-0.3, -0.25) is 9.69 Å². The first kappa shape index (κ1) is 22.4. The summed E-state index contributed by atoms with van der Waals surface area (Å²) in [5.74, 6) is 0.618. The molecular formula is C20H36N4O5S. The average molecular weight is 445 g/mol. The number of likely N-dealkylation sites (tertiary alicyclic amines) is 1. The van der Waals surface area contributed by atoms with Crippen LogP contribution in [-0.4, -0.2) is 106 Å². The molecule has 0 spiro atoms. The van der Waals surface area contributed by atoms with Gasteiger partial charge in [-0.25, -0.2) is 4.72 Å². The van der Waals surface area contributed by atoms with Crippen molar-refractivity contribution >= 4 is 16.1 Å². The molecule has 0 radical (unpaired) electrons. The van der Waals surface area contributed by atoms with Crippen LogP contribution in [0, 0.1) is 5.92 Å². The van der Waals surface area contributed by atoms with Gasteiger partial charge in [-0.15, -0.1) is 0 Å². The van der Waals surface area contributed by atoms with Crippen LogP contribution in [0.1, 0.15) is 38.5 Å². The van der Waals surface area contributed by atoms with E-state index in [-0.39, 0.29) is 5.92 Å². The molecule has 3 aliphatic heterocycles. The van der Waals surface area contributed by atoms with E-state index in [4.69, 9.17) is 9.47 Å². The molecule has 0 aromatic heterocycles. The molecule has 4 aliphatic rings. The number of hydrogen-bond donors (Lipinski definition) is 1. The lowest BCUT2D eigenvalue weighted by molar-refractivity contribution is -0.134. The molecule has 1 aliphatic carbocycles. The zero-order valence-corrected chi connectivity index (χ0v) is 18.7. The molecule has 0 aromatic carbocycles. The second-order valence-corrected chi connectivity index (χ2v) is 10.6. The molecule has 10 heteroatoms. The Kier molecular flexibility index (Phi) is 7.64. The van der Waals surface area contributed by atoms with Gasteiger partial charge in [0.1, 0.15) is 0 Å². The van der Waals surface area contributed by atoms with Gasteiger partial charge in [-0.2, -0.15) is 12.7 Å². The van der Waals surface area contributed by atoms with Gasteiger partial charge in [-0.1, -0.05) is 0 Å². The fourth-order valence-electron chi connectivity index (χ4n) is 4.87. The normalized spacial score (nSPS) is 25.7. The summed E-state index contributed by atoms with van der Waals surface area (Å²) >= 11 is 0. The largest absolute Gasteiger partial charge is 0.381 e. The fraction of sp³-hybridized carbons (Fsp3) is 0.950. The van der Waals surface area contributed by atoms with Crippen LogP contribution in [0.5, 0.6) is 0 Å². The maximum absolute atomic E-state index is 12.6. The highest BCUT2D eigenvalue weighted by Gasteiger charge is 2.37. The standard InChI is InChI=1S/C20H36N4O5S/c25-20(17-1-2-17)22-8-3-18(4-9-22)24(19-5-13-28-14-6-19)10-7-21-30(26,27)23-11-15-29-16-12-23/h17-19,21H,1-16H2. The number of rotatable bonds is 8. The Bertz CT molecular complexity index is 667. The zero-order chi connectivity index (χ0) is 21.0. The molecule has 3 heterocycles. The smallest absolute Gasteiger partial charge is 0.279 e. The first-order valence-electron chi connectivity index (χ1n) is 11.5. The van der Waals surface area contributed by atoms with E-state index in [0.717, 1.165) is 64.8 Å². The highest BCUT2D eigenvalue weighted by Crippen LogP contribution is 2.32. The minimum atomic E-state index is -3.46. The zero-order valence-electron chi connectivity index (χ0n) is 17.8. The van der Waals surface area contributed by atoms with Crippen LogP contribution in [-0.2, 0) is 24.5 Å². The molecule has 172 valence electrons. The van der Waals surface area contributed by atoms with E-state index in [1.165, 1.54) is 4.31 Å². The maximum Gasteiger partial charge on any atom is 0.279 e. The Hall–Kier alpha value is -0.780. The van der Waals surface area contributed by atoms with E-state index < -0.39 is 10.2 Å². The Balaban J connectivity index is 1.31. The third-order valence-electron chi connectivity index (χ3n) is 6.80. The number of nitrogens with zero attached hydrogens (tertiary/aromatic N) is 3. The third kappa shape index (κ3) is 5.72. The summed E-state index contributed by atoms with van der Waals surface area (Å²) in [6.45, 7) is 5.98. The van der Waals surface area contributed by atoms with Gasteiger partial charge in [-0.05, 0) is 38.5 Å². The summed E-state index contributed by atoms with van der Waals surface area (Å²) in [7, 11) is -3.46. The summed E-state index contributed by atoms with van der Waals surface area (Å²) in [6.07, 6.45) is 6.00. The molecule has 0 bridgehead atoms. The number of carbonyl (C=O) groups is 1. The van der Waals surface area contributed by atoms with E-state index in [9.17, 15) is 13.2 Å². The lowest BCUT2D eigenvalue weighted by Crippen LogP contribution is -2.54. The van der Waals surface area contributed by atoms with E-state index in [1.54, 1.807) is 0 Å². The first-order chi connectivity index (χ1) is 14.5. The van der Waals surface area contributed by atoms with Crippen LogP contribution in [0.25, 0.3) is 0 Å². The number of morpholine rings is 1. The fourth-order valence-corrected chi connectivity index (χ4v) is 6.03. The van der Waals surface area contributed by atoms with Crippen molar-refractivity contribution in [1.29, 1.82) is 0 Å². The van der Waals surface area contributed by atoms with Crippen LogP contribution >= 0.6 is 0 Å². The van der Waals surface area contributed by atoms with Crippen molar-refractivity contribution in [3.8, 4) is 0 Å². The van der Waals surface area contributed by atoms with Gasteiger partial charge in [0.05, 0.1) is 13.2 Å². The van der Waals surface area contributed by atoms with Crippen molar-refractivity contribution in [1.82, 2.24) is 18.8 Å². The van der Waals surface area contributed by atoms with Crippen LogP contribution in [0.15, 0.2) is 0 Å². The lowest BCUT2D eigenvalue weighted by atomic mass is 9.97. The van der Waals surface area contributed by atoms with Gasteiger partial charge in [0.15, 0.2) is 0 Å². The molecule has 1 saturated carbocycles. The first-order valence-corrected chi connectivity index (χ1v) is 12.9. The number of carbonyl (C=O) groups excluding carboxylic acids is 1. The van der Waals surface area contributed by atoms with Crippen molar-refractivity contribution in [3.63, 3.8) is 0 Å². The number of ether oxygens (including phenoxy) is 2. The number of piperidine rings is 1. The summed E-state index contributed by atoms with van der Waals surface area (Å²) in [6, 6.07) is 0.812. The van der Waals surface area contributed by atoms with Crippen molar-refractivity contribution < 1.29 is 22.7 Å². The molecule has 3 saturated heterocycles. The molecule has 0 aromatic rings. The lowest BCUT2D eigenvalue weighted by Gasteiger charge is -2.43. The second kappa shape index (κ2) is 10.2. The van der Waals surface area contributed by atoms with E-state index in [1.807, 2.05) is 4.90 Å². The van der Waals surface area contributed by atoms with E-state index >= 15 is 0 Å². The van der Waals surface area contributed by atoms with Crippen molar-refractivity contribution in [2.75, 3.05) is 65.7 Å². The van der Waals surface area contributed by atoms with Crippen LogP contribution in [0.2, 0.25) is 0 Å². The summed E-state index contributed by atoms with van der Waals surface area (Å²) in [5.41, 5.74) is 0. The highest BCUT2D eigenvalue weighted by molar-refractivity contribution is 7.87. The Morgan fingerprint density at radius 3 is 2.10 bits per heavy atom. The Morgan fingerprint density at radius 2 is 1.47 bits per heavy atom. The Labute approximate surface area is 180 Å². The molecule has 1 amide bonds. The molecular weight excluding hydrogens is 408 g/mol. The third-order valence-corrected chi connectivity index (χ3v) is 8.41. The number of amides is 1. The van der Waals surface area contributed by atoms with Crippen LogP contribution < -0.4 is 4.72 Å². The van der Waals surface area contributed by atoms with Gasteiger partial charge in [0, 0.05) is 70.5 Å². The molecule has 4 rings (SSSR count). The van der Waals surface area contributed by atoms with Crippen molar-refractivity contribution in [2.24, 2.45) is 5.92 Å². The van der Waals surface area contributed by atoms with Crippen molar-refractivity contribution in [3.05, 3.63) is 0 Å². The van der Waals surface area contributed by atoms with Crippen molar-refractivity contribution in [2.45, 2.75) is 50.6 Å². The molecule has 30 heavy (non-hydrogen) atoms. The summed E-state index contributed by atoms with van der Waals surface area (Å²) in [5, 5.41) is 0. The highest BCUT2D eigenvalue weighted by atomic mass is 32.2. The molecule has 4 fully saturated rings. The predicted molar refractivity (Wildman–Crippen MR) is 112 cm³/mol.